The van der Waals surface area contributed by atoms with Gasteiger partial charge < -0.3 is 5.21 Å². The van der Waals surface area contributed by atoms with E-state index in [0.29, 0.717) is 4.73 Å². The van der Waals surface area contributed by atoms with E-state index in [0.717, 1.165) is 10.0 Å². The zero-order valence-electron chi connectivity index (χ0n) is 9.79. The summed E-state index contributed by atoms with van der Waals surface area (Å²) in [5.41, 5.74) is 3.47. The van der Waals surface area contributed by atoms with Gasteiger partial charge in [0.2, 0.25) is 0 Å². The molecule has 0 atom stereocenters. The summed E-state index contributed by atoms with van der Waals surface area (Å²) in [5, 5.41) is 14.8. The predicted octanol–water partition coefficient (Wildman–Crippen LogP) is 1.85. The first-order chi connectivity index (χ1) is 9.15. The average molecular weight is 320 g/mol. The second-order valence-electron chi connectivity index (χ2n) is 3.70. The number of halogens is 1. The topological polar surface area (TPSA) is 68.4 Å². The molecule has 19 heavy (non-hydrogen) atoms. The van der Waals surface area contributed by atoms with Crippen LogP contribution in [0.15, 0.2) is 58.4 Å². The summed E-state index contributed by atoms with van der Waals surface area (Å²) in [4.78, 5) is 11.7. The molecule has 1 aromatic carbocycles. The Kier molecular flexibility index (Phi) is 4.25. The van der Waals surface area contributed by atoms with Gasteiger partial charge in [0, 0.05) is 10.5 Å². The van der Waals surface area contributed by atoms with E-state index in [1.54, 1.807) is 6.07 Å². The number of rotatable bonds is 3. The van der Waals surface area contributed by atoms with Crippen LogP contribution in [0.2, 0.25) is 0 Å². The molecular weight excluding hydrogens is 310 g/mol. The highest BCUT2D eigenvalue weighted by Gasteiger charge is 2.06. The fraction of sp³-hybridized carbons (Fsp3) is 0. The van der Waals surface area contributed by atoms with Gasteiger partial charge in [0.1, 0.15) is 5.56 Å². The first kappa shape index (κ1) is 13.2. The summed E-state index contributed by atoms with van der Waals surface area (Å²) in [6, 6.07) is 10.5. The number of amides is 1. The fourth-order valence-corrected chi connectivity index (χ4v) is 1.63. The van der Waals surface area contributed by atoms with E-state index in [1.165, 1.54) is 24.7 Å². The lowest BCUT2D eigenvalue weighted by Gasteiger charge is -1.99. The number of nitrogens with zero attached hydrogens (tertiary/aromatic N) is 2. The summed E-state index contributed by atoms with van der Waals surface area (Å²) in [6.45, 7) is 0. The molecule has 1 heterocycles. The molecule has 96 valence electrons. The molecule has 6 heteroatoms. The van der Waals surface area contributed by atoms with E-state index in [4.69, 9.17) is 0 Å². The van der Waals surface area contributed by atoms with Crippen molar-refractivity contribution in [2.24, 2.45) is 5.10 Å². The Morgan fingerprint density at radius 3 is 2.74 bits per heavy atom. The Morgan fingerprint density at radius 1 is 1.32 bits per heavy atom. The van der Waals surface area contributed by atoms with Crippen LogP contribution in [0.5, 0.6) is 0 Å². The number of carbonyl (C=O) groups excluding carboxylic acids is 1. The Balaban J connectivity index is 1.98. The third-order valence-corrected chi connectivity index (χ3v) is 2.82. The van der Waals surface area contributed by atoms with E-state index < -0.39 is 5.91 Å². The molecule has 0 radical (unpaired) electrons. The lowest BCUT2D eigenvalue weighted by molar-refractivity contribution is -0.605. The second kappa shape index (κ2) is 6.10. The lowest BCUT2D eigenvalue weighted by Crippen LogP contribution is -2.28. The molecule has 5 nitrogen and oxygen atoms in total. The van der Waals surface area contributed by atoms with Crippen molar-refractivity contribution in [3.8, 4) is 0 Å². The predicted molar refractivity (Wildman–Crippen MR) is 74.6 cm³/mol. The highest BCUT2D eigenvalue weighted by atomic mass is 79.9. The summed E-state index contributed by atoms with van der Waals surface area (Å²) in [7, 11) is 0. The molecule has 2 rings (SSSR count). The number of hydrogen-bond acceptors (Lipinski definition) is 3. The quantitative estimate of drug-likeness (QED) is 0.406. The van der Waals surface area contributed by atoms with Gasteiger partial charge in [-0.3, -0.25) is 4.79 Å². The number of nitrogens with one attached hydrogen (secondary N) is 1. The van der Waals surface area contributed by atoms with E-state index >= 15 is 0 Å². The zero-order valence-corrected chi connectivity index (χ0v) is 11.4. The summed E-state index contributed by atoms with van der Waals surface area (Å²) >= 11 is 3.33. The lowest BCUT2D eigenvalue weighted by atomic mass is 10.2. The highest BCUT2D eigenvalue weighted by molar-refractivity contribution is 9.10. The summed E-state index contributed by atoms with van der Waals surface area (Å²) < 4.78 is 1.53. The van der Waals surface area contributed by atoms with Crippen molar-refractivity contribution < 1.29 is 9.52 Å². The SMILES string of the molecule is O=C(N/N=C/c1ccc(Br)cc1)c1ccc[n+]([O-])c1. The molecule has 0 spiro atoms. The maximum atomic E-state index is 11.7. The molecule has 0 aliphatic carbocycles. The van der Waals surface area contributed by atoms with Crippen LogP contribution in [0.1, 0.15) is 15.9 Å². The van der Waals surface area contributed by atoms with Crippen LogP contribution in [0.4, 0.5) is 0 Å². The second-order valence-corrected chi connectivity index (χ2v) is 4.62. The highest BCUT2D eigenvalue weighted by Crippen LogP contribution is 2.08. The average Bonchev–Trinajstić information content (AvgIpc) is 2.41. The Bertz CT molecular complexity index is 612. The third-order valence-electron chi connectivity index (χ3n) is 2.29. The molecule has 0 aliphatic rings. The van der Waals surface area contributed by atoms with Gasteiger partial charge in [-0.25, -0.2) is 5.43 Å². The van der Waals surface area contributed by atoms with Crippen molar-refractivity contribution in [2.45, 2.75) is 0 Å². The van der Waals surface area contributed by atoms with Crippen molar-refractivity contribution in [1.82, 2.24) is 5.43 Å². The van der Waals surface area contributed by atoms with E-state index in [-0.39, 0.29) is 5.56 Å². The monoisotopic (exact) mass is 319 g/mol. The van der Waals surface area contributed by atoms with Crippen molar-refractivity contribution >= 4 is 28.1 Å². The van der Waals surface area contributed by atoms with Gasteiger partial charge in [0.25, 0.3) is 5.91 Å². The van der Waals surface area contributed by atoms with E-state index in [9.17, 15) is 10.0 Å². The summed E-state index contributed by atoms with van der Waals surface area (Å²) in [6.07, 6.45) is 4.02. The van der Waals surface area contributed by atoms with Crippen LogP contribution in [-0.4, -0.2) is 12.1 Å². The maximum absolute atomic E-state index is 11.7. The van der Waals surface area contributed by atoms with E-state index in [2.05, 4.69) is 26.5 Å². The number of benzene rings is 1. The molecule has 0 bridgehead atoms. The minimum absolute atomic E-state index is 0.255. The molecule has 0 aliphatic heterocycles. The van der Waals surface area contributed by atoms with Crippen molar-refractivity contribution in [3.63, 3.8) is 0 Å². The number of pyridine rings is 1. The molecule has 2 aromatic rings. The molecular formula is C13H10BrN3O2. The van der Waals surface area contributed by atoms with Gasteiger partial charge in [-0.2, -0.15) is 9.83 Å². The maximum Gasteiger partial charge on any atom is 0.277 e. The summed E-state index contributed by atoms with van der Waals surface area (Å²) in [5.74, 6) is -0.432. The number of hydrogen-bond donors (Lipinski definition) is 1. The molecule has 1 amide bonds. The Hall–Kier alpha value is -2.21. The van der Waals surface area contributed by atoms with Crippen LogP contribution in [0.25, 0.3) is 0 Å². The molecule has 0 fully saturated rings. The van der Waals surface area contributed by atoms with Crippen molar-refractivity contribution in [3.05, 3.63) is 69.6 Å². The molecule has 1 aromatic heterocycles. The first-order valence-electron chi connectivity index (χ1n) is 5.43. The van der Waals surface area contributed by atoms with Gasteiger partial charge in [-0.1, -0.05) is 28.1 Å². The van der Waals surface area contributed by atoms with Crippen LogP contribution in [0, 0.1) is 5.21 Å². The van der Waals surface area contributed by atoms with Crippen LogP contribution in [0.3, 0.4) is 0 Å². The van der Waals surface area contributed by atoms with Crippen LogP contribution < -0.4 is 10.2 Å². The zero-order chi connectivity index (χ0) is 13.7. The van der Waals surface area contributed by atoms with Gasteiger partial charge in [-0.15, -0.1) is 0 Å². The molecule has 1 N–H and O–H groups in total. The van der Waals surface area contributed by atoms with Crippen LogP contribution in [-0.2, 0) is 0 Å². The van der Waals surface area contributed by atoms with Crippen molar-refractivity contribution in [2.75, 3.05) is 0 Å². The number of carbonyl (C=O) groups is 1. The minimum atomic E-state index is -0.432. The van der Waals surface area contributed by atoms with Crippen molar-refractivity contribution in [1.29, 1.82) is 0 Å². The first-order valence-corrected chi connectivity index (χ1v) is 6.22. The fourth-order valence-electron chi connectivity index (χ4n) is 1.37. The van der Waals surface area contributed by atoms with Gasteiger partial charge in [0.15, 0.2) is 12.4 Å². The molecule has 0 saturated carbocycles. The third kappa shape index (κ3) is 3.89. The van der Waals surface area contributed by atoms with Gasteiger partial charge >= 0.3 is 0 Å². The number of aromatic nitrogens is 1. The normalized spacial score (nSPS) is 10.6. The smallest absolute Gasteiger partial charge is 0.277 e. The van der Waals surface area contributed by atoms with E-state index in [1.807, 2.05) is 24.3 Å². The van der Waals surface area contributed by atoms with Gasteiger partial charge in [0.05, 0.1) is 6.21 Å². The van der Waals surface area contributed by atoms with Crippen LogP contribution >= 0.6 is 15.9 Å². The Labute approximate surface area is 118 Å². The molecule has 0 saturated heterocycles. The number of hydrazone groups is 1. The Morgan fingerprint density at radius 2 is 2.05 bits per heavy atom. The minimum Gasteiger partial charge on any atom is -0.619 e. The standard InChI is InChI=1S/C13H10BrN3O2/c14-12-5-3-10(4-6-12)8-15-16-13(18)11-2-1-7-17(19)9-11/h1-9H,(H,16,18)/b15-8+. The molecule has 0 unspecified atom stereocenters. The largest absolute Gasteiger partial charge is 0.619 e. The van der Waals surface area contributed by atoms with Gasteiger partial charge in [-0.05, 0) is 23.8 Å².